The number of aliphatic hydroxyl groups excluding tert-OH is 1. The molecule has 0 heterocycles. The van der Waals surface area contributed by atoms with E-state index in [-0.39, 0.29) is 36.6 Å². The number of amides is 1. The molecule has 6 heteroatoms. The number of carbonyl (C=O) groups excluding carboxylic acids is 1. The summed E-state index contributed by atoms with van der Waals surface area (Å²) in [6.45, 7) is 3.64. The maximum absolute atomic E-state index is 11.8. The Hall–Kier alpha value is -1.95. The van der Waals surface area contributed by atoms with Gasteiger partial charge in [-0.05, 0) is 18.4 Å². The molecule has 0 radical (unpaired) electrons. The van der Waals surface area contributed by atoms with Gasteiger partial charge in [-0.3, -0.25) is 14.9 Å². The van der Waals surface area contributed by atoms with Crippen LogP contribution in [0.3, 0.4) is 0 Å². The largest absolute Gasteiger partial charge is 0.396 e. The molecule has 2 N–H and O–H groups in total. The molecule has 0 aliphatic rings. The van der Waals surface area contributed by atoms with E-state index >= 15 is 0 Å². The molecule has 1 aromatic rings. The third-order valence-electron chi connectivity index (χ3n) is 3.02. The number of nitro groups is 1. The SMILES string of the molecule is C[C@H](NC(=O)Cc1cccc([N+](=O)[O-])c1)[C@@H](C)CO. The van der Waals surface area contributed by atoms with Crippen LogP contribution in [0.15, 0.2) is 24.3 Å². The average Bonchev–Trinajstić information content (AvgIpc) is 2.37. The highest BCUT2D eigenvalue weighted by atomic mass is 16.6. The summed E-state index contributed by atoms with van der Waals surface area (Å²) < 4.78 is 0. The van der Waals surface area contributed by atoms with Crippen molar-refractivity contribution in [2.75, 3.05) is 6.61 Å². The summed E-state index contributed by atoms with van der Waals surface area (Å²) in [5, 5.41) is 22.4. The summed E-state index contributed by atoms with van der Waals surface area (Å²) in [4.78, 5) is 21.9. The predicted molar refractivity (Wildman–Crippen MR) is 70.7 cm³/mol. The maximum Gasteiger partial charge on any atom is 0.269 e. The predicted octanol–water partition coefficient (Wildman–Crippen LogP) is 1.27. The van der Waals surface area contributed by atoms with Gasteiger partial charge in [0.15, 0.2) is 0 Å². The van der Waals surface area contributed by atoms with Crippen LogP contribution >= 0.6 is 0 Å². The maximum atomic E-state index is 11.8. The number of nitrogens with one attached hydrogen (secondary N) is 1. The lowest BCUT2D eigenvalue weighted by Crippen LogP contribution is -2.39. The Kier molecular flexibility index (Phi) is 5.44. The van der Waals surface area contributed by atoms with Crippen molar-refractivity contribution in [1.29, 1.82) is 0 Å². The summed E-state index contributed by atoms with van der Waals surface area (Å²) in [5.41, 5.74) is 0.567. The van der Waals surface area contributed by atoms with Gasteiger partial charge in [0.2, 0.25) is 5.91 Å². The molecule has 2 atom stereocenters. The molecule has 0 saturated heterocycles. The Labute approximate surface area is 111 Å². The average molecular weight is 266 g/mol. The Morgan fingerprint density at radius 2 is 2.16 bits per heavy atom. The van der Waals surface area contributed by atoms with Crippen molar-refractivity contribution in [3.05, 3.63) is 39.9 Å². The highest BCUT2D eigenvalue weighted by molar-refractivity contribution is 5.79. The fourth-order valence-electron chi connectivity index (χ4n) is 1.57. The third-order valence-corrected chi connectivity index (χ3v) is 3.02. The number of non-ortho nitro benzene ring substituents is 1. The van der Waals surface area contributed by atoms with Crippen molar-refractivity contribution >= 4 is 11.6 Å². The molecule has 104 valence electrons. The van der Waals surface area contributed by atoms with Gasteiger partial charge in [0.1, 0.15) is 0 Å². The Morgan fingerprint density at radius 1 is 1.47 bits per heavy atom. The lowest BCUT2D eigenvalue weighted by atomic mass is 10.0. The zero-order valence-corrected chi connectivity index (χ0v) is 11.0. The molecule has 0 aromatic heterocycles. The lowest BCUT2D eigenvalue weighted by molar-refractivity contribution is -0.384. The van der Waals surface area contributed by atoms with E-state index in [2.05, 4.69) is 5.32 Å². The molecule has 0 fully saturated rings. The minimum atomic E-state index is -0.488. The summed E-state index contributed by atoms with van der Waals surface area (Å²) >= 11 is 0. The molecule has 0 aliphatic heterocycles. The van der Waals surface area contributed by atoms with E-state index < -0.39 is 4.92 Å². The molecule has 1 amide bonds. The van der Waals surface area contributed by atoms with Crippen LogP contribution in [-0.4, -0.2) is 28.6 Å². The van der Waals surface area contributed by atoms with Crippen molar-refractivity contribution in [2.24, 2.45) is 5.92 Å². The first-order valence-electron chi connectivity index (χ1n) is 6.07. The van der Waals surface area contributed by atoms with Crippen molar-refractivity contribution in [1.82, 2.24) is 5.32 Å². The lowest BCUT2D eigenvalue weighted by Gasteiger charge is -2.19. The molecule has 0 spiro atoms. The first-order chi connectivity index (χ1) is 8.93. The molecular weight excluding hydrogens is 248 g/mol. The van der Waals surface area contributed by atoms with E-state index in [1.54, 1.807) is 12.1 Å². The number of hydrogen-bond acceptors (Lipinski definition) is 4. The number of carbonyl (C=O) groups is 1. The van der Waals surface area contributed by atoms with Crippen molar-refractivity contribution in [3.63, 3.8) is 0 Å². The Bertz CT molecular complexity index is 462. The van der Waals surface area contributed by atoms with Crippen LogP contribution in [0, 0.1) is 16.0 Å². The molecule has 19 heavy (non-hydrogen) atoms. The number of aliphatic hydroxyl groups is 1. The van der Waals surface area contributed by atoms with Gasteiger partial charge in [-0.1, -0.05) is 19.1 Å². The molecule has 1 rings (SSSR count). The minimum Gasteiger partial charge on any atom is -0.396 e. The molecule has 0 unspecified atom stereocenters. The van der Waals surface area contributed by atoms with Crippen LogP contribution in [0.2, 0.25) is 0 Å². The number of hydrogen-bond donors (Lipinski definition) is 2. The number of nitrogens with zero attached hydrogens (tertiary/aromatic N) is 1. The van der Waals surface area contributed by atoms with Gasteiger partial charge < -0.3 is 10.4 Å². The van der Waals surface area contributed by atoms with Gasteiger partial charge in [0, 0.05) is 24.8 Å². The van der Waals surface area contributed by atoms with Crippen LogP contribution in [0.1, 0.15) is 19.4 Å². The Morgan fingerprint density at radius 3 is 2.74 bits per heavy atom. The van der Waals surface area contributed by atoms with E-state index in [4.69, 9.17) is 5.11 Å². The standard InChI is InChI=1S/C13H18N2O4/c1-9(8-16)10(2)14-13(17)7-11-4-3-5-12(6-11)15(18)19/h3-6,9-10,16H,7-8H2,1-2H3,(H,14,17)/t9-,10-/m0/s1. The van der Waals surface area contributed by atoms with Crippen molar-refractivity contribution < 1.29 is 14.8 Å². The number of benzene rings is 1. The Balaban J connectivity index is 2.62. The van der Waals surface area contributed by atoms with Crippen LogP contribution in [-0.2, 0) is 11.2 Å². The highest BCUT2D eigenvalue weighted by Crippen LogP contribution is 2.13. The first kappa shape index (κ1) is 15.1. The van der Waals surface area contributed by atoms with Crippen LogP contribution in [0.4, 0.5) is 5.69 Å². The summed E-state index contributed by atoms with van der Waals surface area (Å²) in [6, 6.07) is 5.86. The van der Waals surface area contributed by atoms with Crippen LogP contribution in [0.5, 0.6) is 0 Å². The van der Waals surface area contributed by atoms with Gasteiger partial charge in [-0.15, -0.1) is 0 Å². The van der Waals surface area contributed by atoms with Crippen molar-refractivity contribution in [3.8, 4) is 0 Å². The molecule has 6 nitrogen and oxygen atoms in total. The fourth-order valence-corrected chi connectivity index (χ4v) is 1.57. The second-order valence-electron chi connectivity index (χ2n) is 4.62. The summed E-state index contributed by atoms with van der Waals surface area (Å²) in [7, 11) is 0. The van der Waals surface area contributed by atoms with Gasteiger partial charge in [0.25, 0.3) is 5.69 Å². The fraction of sp³-hybridized carbons (Fsp3) is 0.462. The van der Waals surface area contributed by atoms with Crippen LogP contribution in [0.25, 0.3) is 0 Å². The van der Waals surface area contributed by atoms with E-state index in [0.29, 0.717) is 5.56 Å². The third kappa shape index (κ3) is 4.67. The normalized spacial score (nSPS) is 13.6. The van der Waals surface area contributed by atoms with E-state index in [1.807, 2.05) is 13.8 Å². The van der Waals surface area contributed by atoms with Crippen LogP contribution < -0.4 is 5.32 Å². The van der Waals surface area contributed by atoms with Gasteiger partial charge in [-0.25, -0.2) is 0 Å². The monoisotopic (exact) mass is 266 g/mol. The summed E-state index contributed by atoms with van der Waals surface area (Å²) in [5.74, 6) is -0.248. The minimum absolute atomic E-state index is 0.00173. The van der Waals surface area contributed by atoms with E-state index in [9.17, 15) is 14.9 Å². The van der Waals surface area contributed by atoms with Gasteiger partial charge in [0.05, 0.1) is 11.3 Å². The molecule has 1 aromatic carbocycles. The van der Waals surface area contributed by atoms with E-state index in [1.165, 1.54) is 12.1 Å². The quantitative estimate of drug-likeness (QED) is 0.599. The topological polar surface area (TPSA) is 92.5 Å². The molecule has 0 aliphatic carbocycles. The number of rotatable bonds is 6. The second-order valence-corrected chi connectivity index (χ2v) is 4.62. The second kappa shape index (κ2) is 6.84. The van der Waals surface area contributed by atoms with Gasteiger partial charge in [-0.2, -0.15) is 0 Å². The van der Waals surface area contributed by atoms with Gasteiger partial charge >= 0.3 is 0 Å². The first-order valence-corrected chi connectivity index (χ1v) is 6.07. The highest BCUT2D eigenvalue weighted by Gasteiger charge is 2.15. The molecule has 0 bridgehead atoms. The van der Waals surface area contributed by atoms with Crippen molar-refractivity contribution in [2.45, 2.75) is 26.3 Å². The molecular formula is C13H18N2O4. The zero-order chi connectivity index (χ0) is 14.4. The van der Waals surface area contributed by atoms with E-state index in [0.717, 1.165) is 0 Å². The smallest absolute Gasteiger partial charge is 0.269 e. The number of nitro benzene ring substituents is 1. The summed E-state index contributed by atoms with van der Waals surface area (Å²) in [6.07, 6.45) is 0.0875. The molecule has 0 saturated carbocycles. The zero-order valence-electron chi connectivity index (χ0n) is 11.0.